The summed E-state index contributed by atoms with van der Waals surface area (Å²) in [6, 6.07) is 0. The Balaban J connectivity index is 0. The summed E-state index contributed by atoms with van der Waals surface area (Å²) in [4.78, 5) is 2.36. The normalized spacial score (nSPS) is 16.3. The summed E-state index contributed by atoms with van der Waals surface area (Å²) >= 11 is 0. The first kappa shape index (κ1) is 14.5. The van der Waals surface area contributed by atoms with E-state index in [0.717, 1.165) is 13.0 Å². The molecule has 1 rings (SSSR count). The van der Waals surface area contributed by atoms with Gasteiger partial charge in [-0.2, -0.15) is 0 Å². The van der Waals surface area contributed by atoms with Gasteiger partial charge in [-0.05, 0) is 25.9 Å². The maximum Gasteiger partial charge on any atom is 0.0918 e. The molecule has 0 atom stereocenters. The summed E-state index contributed by atoms with van der Waals surface area (Å²) in [5.74, 6) is 0.312. The summed E-state index contributed by atoms with van der Waals surface area (Å²) in [5.41, 5.74) is 5.23. The van der Waals surface area contributed by atoms with E-state index in [1.165, 1.54) is 25.9 Å². The van der Waals surface area contributed by atoms with Crippen molar-refractivity contribution in [2.45, 2.75) is 19.3 Å². The molecular weight excluding hydrogens is 197 g/mol. The fraction of sp³-hybridized carbons (Fsp3) is 0.857. The molecule has 0 saturated carbocycles. The van der Waals surface area contributed by atoms with Gasteiger partial charge in [0.1, 0.15) is 0 Å². The molecule has 1 heterocycles. The van der Waals surface area contributed by atoms with Crippen molar-refractivity contribution >= 4 is 30.6 Å². The number of nitrogens with one attached hydrogen (secondary N) is 1. The summed E-state index contributed by atoms with van der Waals surface area (Å²) in [6.07, 6.45) is 3.37. The summed E-state index contributed by atoms with van der Waals surface area (Å²) in [6.45, 7) is 3.38. The van der Waals surface area contributed by atoms with Gasteiger partial charge in [-0.15, -0.1) is 24.8 Å². The van der Waals surface area contributed by atoms with Crippen molar-refractivity contribution < 1.29 is 0 Å². The largest absolute Gasteiger partial charge is 0.388 e. The van der Waals surface area contributed by atoms with Gasteiger partial charge >= 0.3 is 0 Å². The van der Waals surface area contributed by atoms with Gasteiger partial charge in [-0.3, -0.25) is 5.41 Å². The highest BCUT2D eigenvalue weighted by molar-refractivity contribution is 5.85. The Labute approximate surface area is 86.0 Å². The minimum Gasteiger partial charge on any atom is -0.388 e. The van der Waals surface area contributed by atoms with E-state index in [9.17, 15) is 0 Å². The molecular formula is C7H17Cl2N3. The van der Waals surface area contributed by atoms with E-state index in [1.807, 2.05) is 0 Å². The zero-order valence-electron chi connectivity index (χ0n) is 7.08. The molecule has 5 heteroatoms. The molecule has 74 valence electrons. The van der Waals surface area contributed by atoms with Crippen LogP contribution in [-0.4, -0.2) is 30.4 Å². The molecule has 1 fully saturated rings. The standard InChI is InChI=1S/C7H15N3.2ClH/c8-7(9)3-6-10-4-1-2-5-10;;/h1-6H2,(H3,8,9);2*1H. The summed E-state index contributed by atoms with van der Waals surface area (Å²) in [5, 5.41) is 7.01. The second-order valence-electron chi connectivity index (χ2n) is 2.82. The highest BCUT2D eigenvalue weighted by Gasteiger charge is 2.10. The quantitative estimate of drug-likeness (QED) is 0.548. The molecule has 3 N–H and O–H groups in total. The summed E-state index contributed by atoms with van der Waals surface area (Å²) in [7, 11) is 0. The first-order valence-corrected chi connectivity index (χ1v) is 3.84. The van der Waals surface area contributed by atoms with Crippen LogP contribution in [0.25, 0.3) is 0 Å². The van der Waals surface area contributed by atoms with E-state index in [1.54, 1.807) is 0 Å². The van der Waals surface area contributed by atoms with E-state index in [0.29, 0.717) is 5.84 Å². The van der Waals surface area contributed by atoms with Gasteiger partial charge in [-0.1, -0.05) is 0 Å². The molecule has 0 bridgehead atoms. The van der Waals surface area contributed by atoms with Gasteiger partial charge in [0, 0.05) is 13.0 Å². The van der Waals surface area contributed by atoms with Crippen molar-refractivity contribution in [2.24, 2.45) is 5.73 Å². The number of amidine groups is 1. The number of hydrogen-bond acceptors (Lipinski definition) is 2. The zero-order valence-corrected chi connectivity index (χ0v) is 8.72. The molecule has 1 aliphatic rings. The van der Waals surface area contributed by atoms with Gasteiger partial charge in [-0.25, -0.2) is 0 Å². The molecule has 0 spiro atoms. The lowest BCUT2D eigenvalue weighted by Gasteiger charge is -2.12. The van der Waals surface area contributed by atoms with Crippen LogP contribution in [0, 0.1) is 5.41 Å². The van der Waals surface area contributed by atoms with Crippen LogP contribution >= 0.6 is 24.8 Å². The molecule has 0 radical (unpaired) electrons. The van der Waals surface area contributed by atoms with Crippen LogP contribution in [0.2, 0.25) is 0 Å². The minimum absolute atomic E-state index is 0. The van der Waals surface area contributed by atoms with E-state index in [-0.39, 0.29) is 24.8 Å². The van der Waals surface area contributed by atoms with Crippen molar-refractivity contribution in [2.75, 3.05) is 19.6 Å². The summed E-state index contributed by atoms with van der Waals surface area (Å²) < 4.78 is 0. The van der Waals surface area contributed by atoms with Crippen LogP contribution in [0.5, 0.6) is 0 Å². The van der Waals surface area contributed by atoms with Crippen molar-refractivity contribution in [1.29, 1.82) is 5.41 Å². The average molecular weight is 214 g/mol. The first-order valence-electron chi connectivity index (χ1n) is 3.84. The minimum atomic E-state index is 0. The monoisotopic (exact) mass is 213 g/mol. The fourth-order valence-corrected chi connectivity index (χ4v) is 1.28. The fourth-order valence-electron chi connectivity index (χ4n) is 1.28. The van der Waals surface area contributed by atoms with Gasteiger partial charge in [0.15, 0.2) is 0 Å². The van der Waals surface area contributed by atoms with Crippen molar-refractivity contribution in [1.82, 2.24) is 4.90 Å². The molecule has 0 unspecified atom stereocenters. The molecule has 0 amide bonds. The SMILES string of the molecule is Cl.Cl.N=C(N)CCN1CCCC1. The number of nitrogens with zero attached hydrogens (tertiary/aromatic N) is 1. The third-order valence-electron chi connectivity index (χ3n) is 1.90. The van der Waals surface area contributed by atoms with E-state index in [2.05, 4.69) is 4.90 Å². The third kappa shape index (κ3) is 5.63. The Kier molecular flexibility index (Phi) is 9.26. The number of hydrogen-bond donors (Lipinski definition) is 2. The Hall–Kier alpha value is 0.01000. The van der Waals surface area contributed by atoms with Crippen LogP contribution in [0.15, 0.2) is 0 Å². The van der Waals surface area contributed by atoms with Crippen LogP contribution in [-0.2, 0) is 0 Å². The second kappa shape index (κ2) is 7.65. The molecule has 1 aliphatic heterocycles. The average Bonchev–Trinajstić information content (AvgIpc) is 2.34. The van der Waals surface area contributed by atoms with Gasteiger partial charge in [0.25, 0.3) is 0 Å². The highest BCUT2D eigenvalue weighted by atomic mass is 35.5. The maximum atomic E-state index is 7.01. The Bertz CT molecular complexity index is 124. The predicted octanol–water partition coefficient (Wildman–Crippen LogP) is 1.25. The van der Waals surface area contributed by atoms with Gasteiger partial charge in [0.05, 0.1) is 5.84 Å². The smallest absolute Gasteiger partial charge is 0.0918 e. The third-order valence-corrected chi connectivity index (χ3v) is 1.90. The molecule has 0 aromatic carbocycles. The van der Waals surface area contributed by atoms with Crippen LogP contribution in [0.4, 0.5) is 0 Å². The highest BCUT2D eigenvalue weighted by Crippen LogP contribution is 2.06. The van der Waals surface area contributed by atoms with E-state index < -0.39 is 0 Å². The van der Waals surface area contributed by atoms with Crippen molar-refractivity contribution in [3.8, 4) is 0 Å². The zero-order chi connectivity index (χ0) is 7.40. The van der Waals surface area contributed by atoms with Crippen molar-refractivity contribution in [3.63, 3.8) is 0 Å². The molecule has 12 heavy (non-hydrogen) atoms. The predicted molar refractivity (Wildman–Crippen MR) is 56.7 cm³/mol. The van der Waals surface area contributed by atoms with E-state index >= 15 is 0 Å². The molecule has 3 nitrogen and oxygen atoms in total. The van der Waals surface area contributed by atoms with Gasteiger partial charge in [0.2, 0.25) is 0 Å². The lowest BCUT2D eigenvalue weighted by molar-refractivity contribution is 0.349. The number of halogens is 2. The molecule has 0 aliphatic carbocycles. The lowest BCUT2D eigenvalue weighted by atomic mass is 10.4. The van der Waals surface area contributed by atoms with Crippen LogP contribution in [0.3, 0.4) is 0 Å². The Morgan fingerprint density at radius 2 is 1.75 bits per heavy atom. The van der Waals surface area contributed by atoms with Crippen molar-refractivity contribution in [3.05, 3.63) is 0 Å². The lowest BCUT2D eigenvalue weighted by Crippen LogP contribution is -2.24. The van der Waals surface area contributed by atoms with Crippen LogP contribution in [0.1, 0.15) is 19.3 Å². The van der Waals surface area contributed by atoms with Gasteiger partial charge < -0.3 is 10.6 Å². The Morgan fingerprint density at radius 1 is 1.25 bits per heavy atom. The van der Waals surface area contributed by atoms with E-state index in [4.69, 9.17) is 11.1 Å². The molecule has 0 aromatic rings. The number of nitrogens with two attached hydrogens (primary N) is 1. The Morgan fingerprint density at radius 3 is 2.17 bits per heavy atom. The number of rotatable bonds is 3. The topological polar surface area (TPSA) is 53.1 Å². The number of likely N-dealkylation sites (tertiary alicyclic amines) is 1. The van der Waals surface area contributed by atoms with Crippen LogP contribution < -0.4 is 5.73 Å². The molecule has 1 saturated heterocycles. The second-order valence-corrected chi connectivity index (χ2v) is 2.82. The molecule has 0 aromatic heterocycles. The first-order chi connectivity index (χ1) is 4.79. The maximum absolute atomic E-state index is 7.01.